The number of piperidine rings is 2. The van der Waals surface area contributed by atoms with Crippen molar-refractivity contribution in [1.82, 2.24) is 19.4 Å². The first-order chi connectivity index (χ1) is 15.5. The van der Waals surface area contributed by atoms with Crippen LogP contribution in [0.25, 0.3) is 5.69 Å². The maximum absolute atomic E-state index is 12.6. The minimum absolute atomic E-state index is 0. The Hall–Kier alpha value is -2.46. The normalized spacial score (nSPS) is 31.5. The van der Waals surface area contributed by atoms with E-state index in [0.29, 0.717) is 42.2 Å². The molecule has 5 N–H and O–H groups in total. The number of fused-ring (bicyclic) bond motifs is 2. The molecule has 2 amide bonds. The first kappa shape index (κ1) is 22.3. The van der Waals surface area contributed by atoms with Crippen LogP contribution in [0.15, 0.2) is 41.3 Å². The summed E-state index contributed by atoms with van der Waals surface area (Å²) in [5.74, 6) is 3.25. The minimum atomic E-state index is -0.420. The van der Waals surface area contributed by atoms with Gasteiger partial charge in [-0.25, -0.2) is 9.59 Å². The fourth-order valence-electron chi connectivity index (χ4n) is 5.83. The SMILES string of the molecule is Cl.NCC1C2CN(C(=O)Nc3ccn(-c4ccc(CN5CC6C(N)C6C5)cc4)c(=O)n3)CC12. The maximum Gasteiger partial charge on any atom is 0.354 e. The van der Waals surface area contributed by atoms with Gasteiger partial charge in [-0.15, -0.1) is 12.4 Å². The number of aromatic nitrogens is 2. The lowest BCUT2D eigenvalue weighted by Crippen LogP contribution is -2.36. The zero-order chi connectivity index (χ0) is 22.0. The van der Waals surface area contributed by atoms with Crippen molar-refractivity contribution in [3.8, 4) is 5.69 Å². The van der Waals surface area contributed by atoms with Crippen LogP contribution in [0.5, 0.6) is 0 Å². The monoisotopic (exact) mass is 471 g/mol. The Morgan fingerprint density at radius 1 is 1.03 bits per heavy atom. The van der Waals surface area contributed by atoms with Crippen LogP contribution in [0.1, 0.15) is 5.56 Å². The topological polar surface area (TPSA) is 123 Å². The van der Waals surface area contributed by atoms with Gasteiger partial charge in [0.05, 0.1) is 5.69 Å². The number of anilines is 1. The van der Waals surface area contributed by atoms with E-state index < -0.39 is 5.69 Å². The molecule has 33 heavy (non-hydrogen) atoms. The highest BCUT2D eigenvalue weighted by Crippen LogP contribution is 2.51. The van der Waals surface area contributed by atoms with Crippen molar-refractivity contribution < 1.29 is 4.79 Å². The second kappa shape index (κ2) is 8.39. The summed E-state index contributed by atoms with van der Waals surface area (Å²) in [6.07, 6.45) is 1.65. The number of hydrogen-bond acceptors (Lipinski definition) is 6. The quantitative estimate of drug-likeness (QED) is 0.590. The van der Waals surface area contributed by atoms with Crippen LogP contribution >= 0.6 is 12.4 Å². The fourth-order valence-corrected chi connectivity index (χ4v) is 5.83. The Bertz CT molecular complexity index is 1080. The molecule has 4 aliphatic rings. The van der Waals surface area contributed by atoms with Crippen LogP contribution in [0.4, 0.5) is 10.6 Å². The van der Waals surface area contributed by atoms with Crippen molar-refractivity contribution in [2.45, 2.75) is 12.6 Å². The summed E-state index contributed by atoms with van der Waals surface area (Å²) in [5, 5.41) is 2.75. The molecule has 176 valence electrons. The van der Waals surface area contributed by atoms with Crippen LogP contribution in [0.2, 0.25) is 0 Å². The minimum Gasteiger partial charge on any atom is -0.330 e. The number of benzene rings is 1. The molecule has 2 saturated carbocycles. The number of carbonyl (C=O) groups excluding carboxylic acids is 1. The number of likely N-dealkylation sites (tertiary alicyclic amines) is 2. The molecule has 0 bridgehead atoms. The van der Waals surface area contributed by atoms with Crippen LogP contribution in [0, 0.1) is 29.6 Å². The van der Waals surface area contributed by atoms with E-state index in [4.69, 9.17) is 11.5 Å². The fraction of sp³-hybridized carbons (Fsp3) is 0.522. The number of carbonyl (C=O) groups is 1. The Balaban J connectivity index is 0.00000228. The predicted octanol–water partition coefficient (Wildman–Crippen LogP) is 0.712. The van der Waals surface area contributed by atoms with Gasteiger partial charge in [0.15, 0.2) is 0 Å². The maximum atomic E-state index is 12.6. The molecular formula is C23H30ClN7O2. The highest BCUT2D eigenvalue weighted by atomic mass is 35.5. The molecule has 9 nitrogen and oxygen atoms in total. The number of nitrogens with two attached hydrogens (primary N) is 2. The van der Waals surface area contributed by atoms with Crippen molar-refractivity contribution in [3.05, 3.63) is 52.6 Å². The van der Waals surface area contributed by atoms with Crippen LogP contribution in [-0.2, 0) is 6.54 Å². The van der Waals surface area contributed by atoms with E-state index in [1.54, 1.807) is 17.2 Å². The van der Waals surface area contributed by atoms with E-state index in [1.807, 2.05) is 12.1 Å². The average molecular weight is 472 g/mol. The number of amides is 2. The second-order valence-electron chi connectivity index (χ2n) is 9.79. The summed E-state index contributed by atoms with van der Waals surface area (Å²) in [4.78, 5) is 33.3. The molecule has 2 aliphatic carbocycles. The van der Waals surface area contributed by atoms with Gasteiger partial charge in [-0.3, -0.25) is 14.8 Å². The van der Waals surface area contributed by atoms with Gasteiger partial charge in [0.2, 0.25) is 0 Å². The Labute approximate surface area is 198 Å². The third-order valence-corrected chi connectivity index (χ3v) is 7.93. The molecule has 0 radical (unpaired) electrons. The molecule has 4 unspecified atom stereocenters. The van der Waals surface area contributed by atoms with E-state index in [9.17, 15) is 9.59 Å². The Kier molecular flexibility index (Phi) is 5.68. The van der Waals surface area contributed by atoms with Gasteiger partial charge in [-0.2, -0.15) is 4.98 Å². The molecule has 1 aromatic carbocycles. The molecule has 2 aliphatic heterocycles. The van der Waals surface area contributed by atoms with Crippen molar-refractivity contribution in [1.29, 1.82) is 0 Å². The smallest absolute Gasteiger partial charge is 0.330 e. The zero-order valence-corrected chi connectivity index (χ0v) is 19.2. The number of nitrogens with one attached hydrogen (secondary N) is 1. The lowest BCUT2D eigenvalue weighted by Gasteiger charge is -2.20. The van der Waals surface area contributed by atoms with Crippen LogP contribution in [0.3, 0.4) is 0 Å². The molecule has 4 atom stereocenters. The molecule has 6 rings (SSSR count). The number of nitrogens with zero attached hydrogens (tertiary/aromatic N) is 4. The third-order valence-electron chi connectivity index (χ3n) is 7.93. The molecule has 0 spiro atoms. The Morgan fingerprint density at radius 3 is 2.30 bits per heavy atom. The number of rotatable bonds is 5. The molecular weight excluding hydrogens is 442 g/mol. The van der Waals surface area contributed by atoms with Crippen LogP contribution in [-0.4, -0.2) is 64.1 Å². The van der Waals surface area contributed by atoms with E-state index in [1.165, 1.54) is 10.1 Å². The highest BCUT2D eigenvalue weighted by molar-refractivity contribution is 5.88. The summed E-state index contributed by atoms with van der Waals surface area (Å²) >= 11 is 0. The highest BCUT2D eigenvalue weighted by Gasteiger charge is 2.55. The Morgan fingerprint density at radius 2 is 1.70 bits per heavy atom. The second-order valence-corrected chi connectivity index (χ2v) is 9.79. The molecule has 2 saturated heterocycles. The molecule has 4 fully saturated rings. The summed E-state index contributed by atoms with van der Waals surface area (Å²) < 4.78 is 1.49. The summed E-state index contributed by atoms with van der Waals surface area (Å²) in [7, 11) is 0. The van der Waals surface area contributed by atoms with Crippen LogP contribution < -0.4 is 22.5 Å². The predicted molar refractivity (Wildman–Crippen MR) is 127 cm³/mol. The van der Waals surface area contributed by atoms with E-state index in [-0.39, 0.29) is 24.3 Å². The van der Waals surface area contributed by atoms with Crippen molar-refractivity contribution >= 4 is 24.3 Å². The van der Waals surface area contributed by atoms with Gasteiger partial charge in [0.25, 0.3) is 0 Å². The van der Waals surface area contributed by atoms with Gasteiger partial charge in [-0.05, 0) is 59.9 Å². The first-order valence-corrected chi connectivity index (χ1v) is 11.4. The molecule has 10 heteroatoms. The summed E-state index contributed by atoms with van der Waals surface area (Å²) in [6, 6.07) is 9.83. The first-order valence-electron chi connectivity index (χ1n) is 11.4. The standard InChI is InChI=1S/C23H29N7O2.ClH/c24-7-15-16-11-29(12-17(15)16)22(31)26-20-5-6-30(23(32)27-20)14-3-1-13(2-4-14)8-28-9-18-19(10-28)21(18)25;/h1-6,15-19,21H,7-12,24-25H2,(H,26,27,31,32);1H. The van der Waals surface area contributed by atoms with Crippen molar-refractivity contribution in [3.63, 3.8) is 0 Å². The van der Waals surface area contributed by atoms with E-state index in [0.717, 1.165) is 38.4 Å². The largest absolute Gasteiger partial charge is 0.354 e. The van der Waals surface area contributed by atoms with Gasteiger partial charge < -0.3 is 16.4 Å². The molecule has 1 aromatic heterocycles. The average Bonchev–Trinajstić information content (AvgIpc) is 3.41. The molecule has 2 aromatic rings. The molecule has 3 heterocycles. The lowest BCUT2D eigenvalue weighted by atomic mass is 10.2. The van der Waals surface area contributed by atoms with Gasteiger partial charge >= 0.3 is 11.7 Å². The number of hydrogen-bond donors (Lipinski definition) is 3. The zero-order valence-electron chi connectivity index (χ0n) is 18.3. The van der Waals surface area contributed by atoms with E-state index >= 15 is 0 Å². The van der Waals surface area contributed by atoms with Crippen molar-refractivity contribution in [2.75, 3.05) is 38.0 Å². The summed E-state index contributed by atoms with van der Waals surface area (Å²) in [5.41, 5.74) is 13.3. The summed E-state index contributed by atoms with van der Waals surface area (Å²) in [6.45, 7) is 5.22. The van der Waals surface area contributed by atoms with Gasteiger partial charge in [0.1, 0.15) is 5.82 Å². The van der Waals surface area contributed by atoms with Crippen molar-refractivity contribution in [2.24, 2.45) is 41.1 Å². The van der Waals surface area contributed by atoms with Gasteiger partial charge in [-0.1, -0.05) is 12.1 Å². The lowest BCUT2D eigenvalue weighted by molar-refractivity contribution is 0.214. The number of urea groups is 1. The van der Waals surface area contributed by atoms with E-state index in [2.05, 4.69) is 27.3 Å². The third kappa shape index (κ3) is 4.03. The number of halogens is 1. The van der Waals surface area contributed by atoms with Gasteiger partial charge in [0, 0.05) is 45.0 Å².